The minimum Gasteiger partial charge on any atom is -0.478 e. The fraction of sp³-hybridized carbons (Fsp3) is 0.308. The molecule has 0 bridgehead atoms. The molecule has 0 aromatic heterocycles. The molecule has 1 aromatic rings. The van der Waals surface area contributed by atoms with E-state index in [2.05, 4.69) is 10.6 Å². The van der Waals surface area contributed by atoms with Crippen LogP contribution < -0.4 is 10.6 Å². The molecule has 0 fully saturated rings. The number of hydrogen-bond donors (Lipinski definition) is 3. The van der Waals surface area contributed by atoms with Crippen LogP contribution in [0.4, 0.5) is 5.69 Å². The first kappa shape index (κ1) is 18.6. The van der Waals surface area contributed by atoms with Crippen molar-refractivity contribution in [3.63, 3.8) is 0 Å². The molecule has 0 atom stereocenters. The van der Waals surface area contributed by atoms with E-state index < -0.39 is 11.4 Å². The van der Waals surface area contributed by atoms with Gasteiger partial charge in [-0.2, -0.15) is 0 Å². The van der Waals surface area contributed by atoms with Crippen molar-refractivity contribution in [3.05, 3.63) is 24.8 Å². The Hall–Kier alpha value is -0.490. The van der Waals surface area contributed by atoms with Gasteiger partial charge in [0.25, 0.3) is 0 Å². The normalized spacial score (nSPS) is 10.9. The van der Waals surface area contributed by atoms with Crippen molar-refractivity contribution < 1.29 is 14.7 Å². The first-order chi connectivity index (χ1) is 9.52. The topological polar surface area (TPSA) is 78.4 Å². The van der Waals surface area contributed by atoms with Crippen LogP contribution in [0.3, 0.4) is 0 Å². The summed E-state index contributed by atoms with van der Waals surface area (Å²) in [7, 11) is 0. The van der Waals surface area contributed by atoms with Crippen LogP contribution in [0.25, 0.3) is 0 Å². The fourth-order valence-corrected chi connectivity index (χ4v) is 3.48. The summed E-state index contributed by atoms with van der Waals surface area (Å²) in [4.78, 5) is 23.2. The molecular weight excluding hydrogens is 518 g/mol. The SMILES string of the molecule is CC(C)(C)C(=O)NC(=S)Nc1c(I)cc(I)cc1C(=O)O. The first-order valence-electron chi connectivity index (χ1n) is 5.87. The maximum Gasteiger partial charge on any atom is 0.337 e. The zero-order valence-electron chi connectivity index (χ0n) is 11.6. The third kappa shape index (κ3) is 5.33. The Kier molecular flexibility index (Phi) is 6.35. The van der Waals surface area contributed by atoms with Gasteiger partial charge in [0.1, 0.15) is 0 Å². The number of carbonyl (C=O) groups excluding carboxylic acids is 1. The lowest BCUT2D eigenvalue weighted by atomic mass is 9.96. The zero-order chi connectivity index (χ0) is 16.4. The van der Waals surface area contributed by atoms with Gasteiger partial charge in [0, 0.05) is 12.6 Å². The highest BCUT2D eigenvalue weighted by Crippen LogP contribution is 2.26. The predicted octanol–water partition coefficient (Wildman–Crippen LogP) is 3.45. The number of carbonyl (C=O) groups is 2. The van der Waals surface area contributed by atoms with Gasteiger partial charge in [-0.25, -0.2) is 4.79 Å². The van der Waals surface area contributed by atoms with Crippen LogP contribution in [0.15, 0.2) is 12.1 Å². The number of carboxylic acid groups (broad SMARTS) is 1. The van der Waals surface area contributed by atoms with Crippen LogP contribution >= 0.6 is 57.4 Å². The molecule has 1 rings (SSSR count). The van der Waals surface area contributed by atoms with Gasteiger partial charge in [0.2, 0.25) is 5.91 Å². The number of benzene rings is 1. The molecule has 0 aliphatic carbocycles. The van der Waals surface area contributed by atoms with E-state index in [0.29, 0.717) is 9.26 Å². The summed E-state index contributed by atoms with van der Waals surface area (Å²) in [6, 6.07) is 3.37. The van der Waals surface area contributed by atoms with Crippen LogP contribution in [0.2, 0.25) is 0 Å². The number of anilines is 1. The first-order valence-corrected chi connectivity index (χ1v) is 8.43. The molecule has 8 heteroatoms. The molecule has 5 nitrogen and oxygen atoms in total. The molecule has 1 amide bonds. The minimum absolute atomic E-state index is 0.0801. The Morgan fingerprint density at radius 1 is 1.24 bits per heavy atom. The largest absolute Gasteiger partial charge is 0.478 e. The van der Waals surface area contributed by atoms with Crippen molar-refractivity contribution in [2.75, 3.05) is 5.32 Å². The van der Waals surface area contributed by atoms with E-state index in [9.17, 15) is 14.7 Å². The number of halogens is 2. The summed E-state index contributed by atoms with van der Waals surface area (Å²) in [6.07, 6.45) is 0. The minimum atomic E-state index is -1.06. The molecule has 3 N–H and O–H groups in total. The predicted molar refractivity (Wildman–Crippen MR) is 103 cm³/mol. The maximum absolute atomic E-state index is 11.9. The summed E-state index contributed by atoms with van der Waals surface area (Å²) >= 11 is 9.15. The van der Waals surface area contributed by atoms with Gasteiger partial charge in [-0.15, -0.1) is 0 Å². The maximum atomic E-state index is 11.9. The summed E-state index contributed by atoms with van der Waals surface area (Å²) < 4.78 is 1.52. The molecule has 114 valence electrons. The van der Waals surface area contributed by atoms with Crippen LogP contribution in [-0.2, 0) is 4.79 Å². The molecule has 0 unspecified atom stereocenters. The number of aromatic carboxylic acids is 1. The summed E-state index contributed by atoms with van der Waals surface area (Å²) in [5.74, 6) is -1.30. The molecule has 1 aromatic carbocycles. The van der Waals surface area contributed by atoms with Crippen molar-refractivity contribution in [2.45, 2.75) is 20.8 Å². The lowest BCUT2D eigenvalue weighted by molar-refractivity contribution is -0.126. The Morgan fingerprint density at radius 3 is 2.29 bits per heavy atom. The van der Waals surface area contributed by atoms with Gasteiger partial charge < -0.3 is 15.7 Å². The van der Waals surface area contributed by atoms with E-state index in [1.807, 2.05) is 51.2 Å². The Balaban J connectivity index is 3.01. The van der Waals surface area contributed by atoms with Crippen molar-refractivity contribution in [2.24, 2.45) is 5.41 Å². The highest BCUT2D eigenvalue weighted by Gasteiger charge is 2.23. The Labute approximate surface area is 155 Å². The number of hydrogen-bond acceptors (Lipinski definition) is 3. The third-order valence-electron chi connectivity index (χ3n) is 2.43. The molecule has 0 saturated heterocycles. The van der Waals surface area contributed by atoms with Gasteiger partial charge in [-0.05, 0) is 69.5 Å². The van der Waals surface area contributed by atoms with Crippen molar-refractivity contribution in [1.29, 1.82) is 0 Å². The number of thiocarbonyl (C=S) groups is 1. The second kappa shape index (κ2) is 7.18. The van der Waals surface area contributed by atoms with E-state index in [1.165, 1.54) is 0 Å². The van der Waals surface area contributed by atoms with Crippen molar-refractivity contribution in [3.8, 4) is 0 Å². The number of carboxylic acids is 1. The summed E-state index contributed by atoms with van der Waals surface area (Å²) in [5, 5.41) is 14.7. The Bertz CT molecular complexity index is 612. The molecule has 0 radical (unpaired) electrons. The van der Waals surface area contributed by atoms with Gasteiger partial charge in [0.15, 0.2) is 5.11 Å². The van der Waals surface area contributed by atoms with Gasteiger partial charge >= 0.3 is 5.97 Å². The second-order valence-corrected chi connectivity index (χ2v) is 8.09. The van der Waals surface area contributed by atoms with Crippen LogP contribution in [0.1, 0.15) is 31.1 Å². The van der Waals surface area contributed by atoms with Crippen LogP contribution in [0.5, 0.6) is 0 Å². The van der Waals surface area contributed by atoms with Gasteiger partial charge in [-0.1, -0.05) is 20.8 Å². The quantitative estimate of drug-likeness (QED) is 0.402. The third-order valence-corrected chi connectivity index (χ3v) is 4.11. The monoisotopic (exact) mass is 532 g/mol. The summed E-state index contributed by atoms with van der Waals surface area (Å²) in [6.45, 7) is 5.30. The lowest BCUT2D eigenvalue weighted by Gasteiger charge is -2.19. The zero-order valence-corrected chi connectivity index (χ0v) is 16.7. The Morgan fingerprint density at radius 2 is 1.81 bits per heavy atom. The average Bonchev–Trinajstić information content (AvgIpc) is 2.30. The molecule has 0 spiro atoms. The van der Waals surface area contributed by atoms with E-state index in [0.717, 1.165) is 3.57 Å². The molecule has 21 heavy (non-hydrogen) atoms. The van der Waals surface area contributed by atoms with Crippen LogP contribution in [0, 0.1) is 12.6 Å². The average molecular weight is 532 g/mol. The van der Waals surface area contributed by atoms with E-state index in [-0.39, 0.29) is 16.6 Å². The number of nitrogens with one attached hydrogen (secondary N) is 2. The van der Waals surface area contributed by atoms with E-state index in [4.69, 9.17) is 12.2 Å². The van der Waals surface area contributed by atoms with Gasteiger partial charge in [-0.3, -0.25) is 4.79 Å². The molecular formula is C13H14I2N2O3S. The summed E-state index contributed by atoms with van der Waals surface area (Å²) in [5.41, 5.74) is -0.0954. The molecule has 0 saturated carbocycles. The van der Waals surface area contributed by atoms with Crippen molar-refractivity contribution in [1.82, 2.24) is 5.32 Å². The smallest absolute Gasteiger partial charge is 0.337 e. The lowest BCUT2D eigenvalue weighted by Crippen LogP contribution is -2.41. The number of rotatable bonds is 2. The fourth-order valence-electron chi connectivity index (χ4n) is 1.30. The molecule has 0 aliphatic rings. The highest BCUT2D eigenvalue weighted by atomic mass is 127. The van der Waals surface area contributed by atoms with Crippen LogP contribution in [-0.4, -0.2) is 22.1 Å². The van der Waals surface area contributed by atoms with E-state index in [1.54, 1.807) is 26.8 Å². The second-order valence-electron chi connectivity index (χ2n) is 5.27. The molecule has 0 aliphatic heterocycles. The van der Waals surface area contributed by atoms with Gasteiger partial charge in [0.05, 0.1) is 11.3 Å². The standard InChI is InChI=1S/C13H14I2N2O3S/c1-13(2,3)11(20)17-12(21)16-9-7(10(18)19)4-6(14)5-8(9)15/h4-5H,1-3H3,(H,18,19)(H2,16,17,20,21). The number of amides is 1. The highest BCUT2D eigenvalue weighted by molar-refractivity contribution is 14.1. The van der Waals surface area contributed by atoms with Crippen molar-refractivity contribution >= 4 is 80.1 Å². The van der Waals surface area contributed by atoms with E-state index >= 15 is 0 Å². The molecule has 0 heterocycles.